The second kappa shape index (κ2) is 8.37. The molecule has 3 aromatic carbocycles. The van der Waals surface area contributed by atoms with Gasteiger partial charge in [0, 0.05) is 16.1 Å². The number of thiazole rings is 1. The topological polar surface area (TPSA) is 87.7 Å². The second-order valence-corrected chi connectivity index (χ2v) is 8.44. The van der Waals surface area contributed by atoms with E-state index in [2.05, 4.69) is 20.5 Å². The Morgan fingerprint density at radius 1 is 0.938 bits per heavy atom. The molecule has 5 rings (SSSR count). The fraction of sp³-hybridized carbons (Fsp3) is 0. The highest BCUT2D eigenvalue weighted by atomic mass is 35.5. The number of carbonyl (C=O) groups excluding carboxylic acids is 1. The third-order valence-corrected chi connectivity index (χ3v) is 6.06. The molecule has 6 nitrogen and oxygen atoms in total. The number of amides is 1. The van der Waals surface area contributed by atoms with Crippen molar-refractivity contribution in [1.82, 2.24) is 15.2 Å². The number of anilines is 1. The lowest BCUT2D eigenvalue weighted by atomic mass is 9.95. The van der Waals surface area contributed by atoms with Gasteiger partial charge in [0.1, 0.15) is 5.56 Å². The van der Waals surface area contributed by atoms with E-state index >= 15 is 0 Å². The number of nitrogens with zero attached hydrogens (tertiary/aromatic N) is 2. The number of rotatable bonds is 4. The minimum absolute atomic E-state index is 0.0256. The van der Waals surface area contributed by atoms with Gasteiger partial charge < -0.3 is 0 Å². The first-order chi connectivity index (χ1) is 15.6. The van der Waals surface area contributed by atoms with Crippen LogP contribution in [-0.4, -0.2) is 21.1 Å². The van der Waals surface area contributed by atoms with Crippen LogP contribution in [0.4, 0.5) is 5.13 Å². The molecule has 0 bridgehead atoms. The third-order valence-electron chi connectivity index (χ3n) is 4.89. The standard InChI is InChI=1S/C24H15ClN4O2S/c25-16-11-12-17-18(13-16)32-24(26-17)27-22(30)20-19(14-7-3-1-4-8-14)21(28-29-23(20)31)15-9-5-2-6-10-15/h1-13H,(H,29,31)(H,26,27,30). The summed E-state index contributed by atoms with van der Waals surface area (Å²) in [4.78, 5) is 30.6. The lowest BCUT2D eigenvalue weighted by Gasteiger charge is -2.13. The molecular formula is C24H15ClN4O2S. The molecule has 0 atom stereocenters. The van der Waals surface area contributed by atoms with Crippen molar-refractivity contribution in [2.24, 2.45) is 0 Å². The quantitative estimate of drug-likeness (QED) is 0.366. The van der Waals surface area contributed by atoms with Crippen LogP contribution in [0.1, 0.15) is 10.4 Å². The van der Waals surface area contributed by atoms with Gasteiger partial charge in [-0.25, -0.2) is 10.1 Å². The molecule has 0 saturated carbocycles. The molecular weight excluding hydrogens is 444 g/mol. The van der Waals surface area contributed by atoms with Crippen LogP contribution in [0, 0.1) is 0 Å². The average Bonchev–Trinajstić information content (AvgIpc) is 3.21. The Morgan fingerprint density at radius 2 is 1.62 bits per heavy atom. The maximum Gasteiger partial charge on any atom is 0.277 e. The van der Waals surface area contributed by atoms with Gasteiger partial charge in [0.15, 0.2) is 5.13 Å². The van der Waals surface area contributed by atoms with E-state index in [1.54, 1.807) is 18.2 Å². The number of carbonyl (C=O) groups is 1. The summed E-state index contributed by atoms with van der Waals surface area (Å²) in [6.07, 6.45) is 0. The SMILES string of the molecule is O=C(Nc1nc2ccc(Cl)cc2s1)c1c(-c2ccccc2)c(-c2ccccc2)n[nH]c1=O. The van der Waals surface area contributed by atoms with E-state index in [-0.39, 0.29) is 5.56 Å². The van der Waals surface area contributed by atoms with Crippen molar-refractivity contribution in [2.45, 2.75) is 0 Å². The van der Waals surface area contributed by atoms with E-state index in [0.717, 1.165) is 10.3 Å². The Labute approximate surface area is 191 Å². The Kier molecular flexibility index (Phi) is 5.26. The molecule has 2 N–H and O–H groups in total. The number of nitrogens with one attached hydrogen (secondary N) is 2. The Hall–Kier alpha value is -3.81. The highest BCUT2D eigenvalue weighted by Gasteiger charge is 2.23. The van der Waals surface area contributed by atoms with Gasteiger partial charge in [-0.2, -0.15) is 5.10 Å². The zero-order valence-corrected chi connectivity index (χ0v) is 18.1. The molecule has 0 saturated heterocycles. The molecule has 0 unspecified atom stereocenters. The summed E-state index contributed by atoms with van der Waals surface area (Å²) in [5.74, 6) is -0.560. The zero-order valence-electron chi connectivity index (χ0n) is 16.5. The predicted octanol–water partition coefficient (Wildman–Crippen LogP) is 5.62. The van der Waals surface area contributed by atoms with E-state index in [1.165, 1.54) is 11.3 Å². The highest BCUT2D eigenvalue weighted by molar-refractivity contribution is 7.22. The summed E-state index contributed by atoms with van der Waals surface area (Å²) in [5, 5.41) is 10.5. The Morgan fingerprint density at radius 3 is 2.34 bits per heavy atom. The van der Waals surface area contributed by atoms with Crippen molar-refractivity contribution in [2.75, 3.05) is 5.32 Å². The van der Waals surface area contributed by atoms with Crippen LogP contribution in [0.25, 0.3) is 32.6 Å². The molecule has 5 aromatic rings. The van der Waals surface area contributed by atoms with E-state index in [0.29, 0.717) is 32.5 Å². The molecule has 0 aliphatic carbocycles. The van der Waals surface area contributed by atoms with Crippen LogP contribution in [0.15, 0.2) is 83.7 Å². The molecule has 0 aliphatic rings. The van der Waals surface area contributed by atoms with E-state index in [4.69, 9.17) is 11.6 Å². The number of benzene rings is 3. The van der Waals surface area contributed by atoms with Gasteiger partial charge in [-0.1, -0.05) is 83.6 Å². The molecule has 8 heteroatoms. The molecule has 0 fully saturated rings. The molecule has 2 heterocycles. The van der Waals surface area contributed by atoms with Crippen molar-refractivity contribution in [1.29, 1.82) is 0 Å². The van der Waals surface area contributed by atoms with Gasteiger partial charge in [0.25, 0.3) is 11.5 Å². The van der Waals surface area contributed by atoms with Crippen LogP contribution in [-0.2, 0) is 0 Å². The van der Waals surface area contributed by atoms with E-state index in [1.807, 2.05) is 60.7 Å². The highest BCUT2D eigenvalue weighted by Crippen LogP contribution is 2.33. The monoisotopic (exact) mass is 458 g/mol. The van der Waals surface area contributed by atoms with Gasteiger partial charge in [-0.3, -0.25) is 14.9 Å². The van der Waals surface area contributed by atoms with Gasteiger partial charge >= 0.3 is 0 Å². The van der Waals surface area contributed by atoms with Crippen molar-refractivity contribution in [3.05, 3.63) is 99.8 Å². The number of halogens is 1. The normalized spacial score (nSPS) is 10.9. The number of hydrogen-bond donors (Lipinski definition) is 2. The van der Waals surface area contributed by atoms with Crippen molar-refractivity contribution >= 4 is 44.2 Å². The smallest absolute Gasteiger partial charge is 0.277 e. The van der Waals surface area contributed by atoms with Crippen LogP contribution in [0.3, 0.4) is 0 Å². The largest absolute Gasteiger partial charge is 0.298 e. The number of fused-ring (bicyclic) bond motifs is 1. The minimum Gasteiger partial charge on any atom is -0.298 e. The molecule has 156 valence electrons. The number of aromatic nitrogens is 3. The first-order valence-electron chi connectivity index (χ1n) is 9.71. The fourth-order valence-corrected chi connectivity index (χ4v) is 4.61. The van der Waals surface area contributed by atoms with Crippen molar-refractivity contribution in [3.8, 4) is 22.4 Å². The maximum absolute atomic E-state index is 13.3. The van der Waals surface area contributed by atoms with Crippen molar-refractivity contribution in [3.63, 3.8) is 0 Å². The first kappa shape index (κ1) is 20.1. The van der Waals surface area contributed by atoms with Crippen LogP contribution in [0.5, 0.6) is 0 Å². The number of aromatic amines is 1. The maximum atomic E-state index is 13.3. The Balaban J connectivity index is 1.65. The van der Waals surface area contributed by atoms with Crippen molar-refractivity contribution < 1.29 is 4.79 Å². The lowest BCUT2D eigenvalue weighted by molar-refractivity contribution is 0.102. The van der Waals surface area contributed by atoms with E-state index in [9.17, 15) is 9.59 Å². The predicted molar refractivity (Wildman–Crippen MR) is 128 cm³/mol. The van der Waals surface area contributed by atoms with E-state index < -0.39 is 11.5 Å². The second-order valence-electron chi connectivity index (χ2n) is 6.97. The molecule has 1 amide bonds. The van der Waals surface area contributed by atoms with Gasteiger partial charge in [-0.05, 0) is 23.8 Å². The molecule has 0 radical (unpaired) electrons. The van der Waals surface area contributed by atoms with Gasteiger partial charge in [0.05, 0.1) is 15.9 Å². The summed E-state index contributed by atoms with van der Waals surface area (Å²) in [6, 6.07) is 24.0. The molecule has 32 heavy (non-hydrogen) atoms. The average molecular weight is 459 g/mol. The van der Waals surface area contributed by atoms with Crippen LogP contribution >= 0.6 is 22.9 Å². The van der Waals surface area contributed by atoms with Crippen LogP contribution in [0.2, 0.25) is 5.02 Å². The van der Waals surface area contributed by atoms with Crippen LogP contribution < -0.4 is 10.9 Å². The molecule has 2 aromatic heterocycles. The minimum atomic E-state index is -0.579. The third kappa shape index (κ3) is 3.79. The molecule has 0 spiro atoms. The summed E-state index contributed by atoms with van der Waals surface area (Å²) in [7, 11) is 0. The fourth-order valence-electron chi connectivity index (χ4n) is 3.47. The number of hydrogen-bond acceptors (Lipinski definition) is 5. The summed E-state index contributed by atoms with van der Waals surface area (Å²) in [5.41, 5.74) is 2.58. The Bertz CT molecular complexity index is 1500. The molecule has 0 aliphatic heterocycles. The summed E-state index contributed by atoms with van der Waals surface area (Å²) in [6.45, 7) is 0. The summed E-state index contributed by atoms with van der Waals surface area (Å²) < 4.78 is 0.838. The summed E-state index contributed by atoms with van der Waals surface area (Å²) >= 11 is 7.34. The number of H-pyrrole nitrogens is 1. The zero-order chi connectivity index (χ0) is 22.1. The first-order valence-corrected chi connectivity index (χ1v) is 10.9. The van der Waals surface area contributed by atoms with Gasteiger partial charge in [-0.15, -0.1) is 0 Å². The lowest BCUT2D eigenvalue weighted by Crippen LogP contribution is -2.26. The van der Waals surface area contributed by atoms with Gasteiger partial charge in [0.2, 0.25) is 0 Å².